The number of ether oxygens (including phenoxy) is 2. The molecule has 25 heavy (non-hydrogen) atoms. The first-order valence-corrected chi connectivity index (χ1v) is 8.03. The molecule has 1 saturated heterocycles. The van der Waals surface area contributed by atoms with Crippen molar-refractivity contribution in [3.05, 3.63) is 23.7 Å². The van der Waals surface area contributed by atoms with E-state index in [0.717, 1.165) is 5.82 Å². The summed E-state index contributed by atoms with van der Waals surface area (Å²) in [6, 6.07) is 1.81. The first kappa shape index (κ1) is 17.0. The fraction of sp³-hybridized carbons (Fsp3) is 0.500. The number of carbonyl (C=O) groups excluding carboxylic acids is 1. The van der Waals surface area contributed by atoms with Crippen LogP contribution in [0.15, 0.2) is 12.3 Å². The van der Waals surface area contributed by atoms with Crippen LogP contribution in [0.25, 0.3) is 0 Å². The molecule has 2 aromatic rings. The molecule has 0 aromatic carbocycles. The third kappa shape index (κ3) is 3.49. The first-order chi connectivity index (χ1) is 12.0. The van der Waals surface area contributed by atoms with Gasteiger partial charge in [-0.25, -0.2) is 4.98 Å². The van der Waals surface area contributed by atoms with Crippen molar-refractivity contribution in [3.8, 4) is 11.8 Å². The summed E-state index contributed by atoms with van der Waals surface area (Å²) in [6.07, 6.45) is 1.69. The highest BCUT2D eigenvalue weighted by Crippen LogP contribution is 2.21. The van der Waals surface area contributed by atoms with Crippen molar-refractivity contribution in [2.45, 2.75) is 6.92 Å². The molecule has 0 N–H and O–H groups in total. The summed E-state index contributed by atoms with van der Waals surface area (Å²) >= 11 is 0. The Morgan fingerprint density at radius 2 is 1.84 bits per heavy atom. The molecule has 0 radical (unpaired) electrons. The van der Waals surface area contributed by atoms with E-state index in [1.165, 1.54) is 7.11 Å². The summed E-state index contributed by atoms with van der Waals surface area (Å²) in [7, 11) is 4.87. The van der Waals surface area contributed by atoms with Gasteiger partial charge in [0.05, 0.1) is 14.2 Å². The average Bonchev–Trinajstić information content (AvgIpc) is 3.01. The van der Waals surface area contributed by atoms with Gasteiger partial charge in [-0.3, -0.25) is 9.48 Å². The number of rotatable bonds is 4. The monoisotopic (exact) mass is 346 g/mol. The highest BCUT2D eigenvalue weighted by molar-refractivity contribution is 5.96. The van der Waals surface area contributed by atoms with E-state index in [9.17, 15) is 4.79 Å². The molecule has 9 heteroatoms. The zero-order valence-corrected chi connectivity index (χ0v) is 14.9. The predicted molar refractivity (Wildman–Crippen MR) is 91.2 cm³/mol. The summed E-state index contributed by atoms with van der Waals surface area (Å²) in [5.41, 5.74) is 0.484. The minimum atomic E-state index is -0.0685. The summed E-state index contributed by atoms with van der Waals surface area (Å²) in [4.78, 5) is 25.3. The number of hydrogen-bond acceptors (Lipinski definition) is 7. The largest absolute Gasteiger partial charge is 0.481 e. The molecule has 0 atom stereocenters. The fourth-order valence-corrected chi connectivity index (χ4v) is 2.87. The summed E-state index contributed by atoms with van der Waals surface area (Å²) in [5, 5.41) is 4.14. The number of hydrogen-bond donors (Lipinski definition) is 0. The average molecular weight is 346 g/mol. The second-order valence-corrected chi connectivity index (χ2v) is 5.82. The van der Waals surface area contributed by atoms with E-state index in [1.54, 1.807) is 29.9 Å². The van der Waals surface area contributed by atoms with Gasteiger partial charge in [-0.1, -0.05) is 0 Å². The number of anilines is 1. The highest BCUT2D eigenvalue weighted by Gasteiger charge is 2.26. The zero-order valence-electron chi connectivity index (χ0n) is 14.9. The van der Waals surface area contributed by atoms with E-state index in [-0.39, 0.29) is 5.91 Å². The summed E-state index contributed by atoms with van der Waals surface area (Å²) < 4.78 is 12.0. The van der Waals surface area contributed by atoms with Crippen LogP contribution in [0.5, 0.6) is 11.8 Å². The van der Waals surface area contributed by atoms with Gasteiger partial charge in [-0.05, 0) is 6.92 Å². The predicted octanol–water partition coefficient (Wildman–Crippen LogP) is 0.498. The normalized spacial score (nSPS) is 14.6. The molecule has 1 amide bonds. The number of amides is 1. The van der Waals surface area contributed by atoms with Crippen molar-refractivity contribution in [1.29, 1.82) is 0 Å². The number of methoxy groups -OCH3 is 2. The molecule has 0 saturated carbocycles. The quantitative estimate of drug-likeness (QED) is 0.797. The SMILES string of the molecule is COc1cc(N2CCN(C(=O)c3cn(C)nc3OC)CC2)nc(C)n1. The van der Waals surface area contributed by atoms with Gasteiger partial charge < -0.3 is 19.3 Å². The molecule has 1 fully saturated rings. The Hall–Kier alpha value is -2.84. The lowest BCUT2D eigenvalue weighted by Gasteiger charge is -2.35. The van der Waals surface area contributed by atoms with Crippen molar-refractivity contribution in [2.24, 2.45) is 7.05 Å². The van der Waals surface area contributed by atoms with E-state index in [4.69, 9.17) is 9.47 Å². The van der Waals surface area contributed by atoms with Crippen LogP contribution in [-0.2, 0) is 7.05 Å². The molecule has 134 valence electrons. The lowest BCUT2D eigenvalue weighted by molar-refractivity contribution is 0.0743. The molecular formula is C16H22N6O3. The van der Waals surface area contributed by atoms with Gasteiger partial charge in [0.1, 0.15) is 17.2 Å². The molecule has 0 spiro atoms. The van der Waals surface area contributed by atoms with Crippen molar-refractivity contribution >= 4 is 11.7 Å². The number of nitrogens with zero attached hydrogens (tertiary/aromatic N) is 6. The van der Waals surface area contributed by atoms with E-state index in [0.29, 0.717) is 49.3 Å². The lowest BCUT2D eigenvalue weighted by atomic mass is 10.2. The molecule has 9 nitrogen and oxygen atoms in total. The molecule has 0 aliphatic carbocycles. The van der Waals surface area contributed by atoms with Crippen LogP contribution in [-0.4, -0.2) is 71.0 Å². The van der Waals surface area contributed by atoms with Gasteiger partial charge in [-0.2, -0.15) is 4.98 Å². The maximum Gasteiger partial charge on any atom is 0.261 e. The Morgan fingerprint density at radius 3 is 2.48 bits per heavy atom. The van der Waals surface area contributed by atoms with Crippen LogP contribution in [0.4, 0.5) is 5.82 Å². The number of aryl methyl sites for hydroxylation is 2. The van der Waals surface area contributed by atoms with Crippen LogP contribution in [0, 0.1) is 6.92 Å². The summed E-state index contributed by atoms with van der Waals surface area (Å²) in [5.74, 6) is 2.30. The van der Waals surface area contributed by atoms with Gasteiger partial charge in [0.15, 0.2) is 0 Å². The molecule has 3 rings (SSSR count). The number of carbonyl (C=O) groups is 1. The molecule has 0 unspecified atom stereocenters. The first-order valence-electron chi connectivity index (χ1n) is 8.03. The Kier molecular flexibility index (Phi) is 4.73. The molecule has 1 aliphatic rings. The zero-order chi connectivity index (χ0) is 18.0. The number of aromatic nitrogens is 4. The van der Waals surface area contributed by atoms with Gasteiger partial charge in [0.25, 0.3) is 5.91 Å². The third-order valence-electron chi connectivity index (χ3n) is 4.12. The Balaban J connectivity index is 1.69. The van der Waals surface area contributed by atoms with Crippen molar-refractivity contribution < 1.29 is 14.3 Å². The van der Waals surface area contributed by atoms with Crippen molar-refractivity contribution in [2.75, 3.05) is 45.3 Å². The van der Waals surface area contributed by atoms with E-state index in [2.05, 4.69) is 20.0 Å². The maximum atomic E-state index is 12.7. The molecule has 2 aromatic heterocycles. The van der Waals surface area contributed by atoms with E-state index in [1.807, 2.05) is 13.0 Å². The minimum absolute atomic E-state index is 0.0685. The second-order valence-electron chi connectivity index (χ2n) is 5.82. The van der Waals surface area contributed by atoms with Crippen molar-refractivity contribution in [3.63, 3.8) is 0 Å². The Bertz CT molecular complexity index is 767. The summed E-state index contributed by atoms with van der Waals surface area (Å²) in [6.45, 7) is 4.41. The topological polar surface area (TPSA) is 85.6 Å². The van der Waals surface area contributed by atoms with Crippen LogP contribution in [0.1, 0.15) is 16.2 Å². The maximum absolute atomic E-state index is 12.7. The van der Waals surface area contributed by atoms with Gasteiger partial charge in [0.2, 0.25) is 11.8 Å². The van der Waals surface area contributed by atoms with E-state index >= 15 is 0 Å². The lowest BCUT2D eigenvalue weighted by Crippen LogP contribution is -2.49. The Labute approximate surface area is 146 Å². The fourth-order valence-electron chi connectivity index (χ4n) is 2.87. The molecule has 0 bridgehead atoms. The van der Waals surface area contributed by atoms with Gasteiger partial charge in [-0.15, -0.1) is 5.10 Å². The molecular weight excluding hydrogens is 324 g/mol. The third-order valence-corrected chi connectivity index (χ3v) is 4.12. The van der Waals surface area contributed by atoms with Gasteiger partial charge >= 0.3 is 0 Å². The second kappa shape index (κ2) is 6.96. The minimum Gasteiger partial charge on any atom is -0.481 e. The molecule has 3 heterocycles. The standard InChI is InChI=1S/C16H22N6O3/c1-11-17-13(9-14(18-11)24-3)21-5-7-22(8-6-21)16(23)12-10-20(2)19-15(12)25-4/h9-10H,5-8H2,1-4H3. The molecule has 1 aliphatic heterocycles. The highest BCUT2D eigenvalue weighted by atomic mass is 16.5. The van der Waals surface area contributed by atoms with Crippen molar-refractivity contribution in [1.82, 2.24) is 24.6 Å². The van der Waals surface area contributed by atoms with E-state index < -0.39 is 0 Å². The van der Waals surface area contributed by atoms with Crippen LogP contribution in [0.3, 0.4) is 0 Å². The van der Waals surface area contributed by atoms with Crippen LogP contribution >= 0.6 is 0 Å². The van der Waals surface area contributed by atoms with Gasteiger partial charge in [0, 0.05) is 45.5 Å². The van der Waals surface area contributed by atoms with Crippen LogP contribution < -0.4 is 14.4 Å². The number of piperazine rings is 1. The Morgan fingerprint density at radius 1 is 1.12 bits per heavy atom. The smallest absolute Gasteiger partial charge is 0.261 e. The van der Waals surface area contributed by atoms with Crippen LogP contribution in [0.2, 0.25) is 0 Å².